The summed E-state index contributed by atoms with van der Waals surface area (Å²) in [4.78, 5) is 20.2. The zero-order valence-corrected chi connectivity index (χ0v) is 22.6. The number of hydrogen-bond acceptors (Lipinski definition) is 5. The van der Waals surface area contributed by atoms with Crippen molar-refractivity contribution in [2.24, 2.45) is 0 Å². The van der Waals surface area contributed by atoms with Crippen molar-refractivity contribution in [3.8, 4) is 0 Å². The van der Waals surface area contributed by atoms with Gasteiger partial charge in [0.05, 0.1) is 13.2 Å². The van der Waals surface area contributed by atoms with Crippen molar-refractivity contribution in [2.75, 3.05) is 32.8 Å². The number of unbranched alkanes of at least 4 members (excludes halogenated alkanes) is 9. The summed E-state index contributed by atoms with van der Waals surface area (Å²) in [6, 6.07) is 9.83. The highest BCUT2D eigenvalue weighted by Crippen LogP contribution is 2.51. The molecule has 0 radical (unpaired) electrons. The highest BCUT2D eigenvalue weighted by atomic mass is 32.2. The van der Waals surface area contributed by atoms with E-state index in [2.05, 4.69) is 16.7 Å². The molecule has 5 heteroatoms. The first-order valence-electron chi connectivity index (χ1n) is 14.1. The lowest BCUT2D eigenvalue weighted by Crippen LogP contribution is -2.40. The summed E-state index contributed by atoms with van der Waals surface area (Å²) in [6.45, 7) is 6.27. The molecule has 4 nitrogen and oxygen atoms in total. The van der Waals surface area contributed by atoms with Crippen LogP contribution < -0.4 is 0 Å². The van der Waals surface area contributed by atoms with Crippen molar-refractivity contribution >= 4 is 17.5 Å². The number of rotatable bonds is 14. The van der Waals surface area contributed by atoms with E-state index >= 15 is 0 Å². The number of ketones is 1. The van der Waals surface area contributed by atoms with E-state index in [-0.39, 0.29) is 5.78 Å². The molecule has 0 aromatic heterocycles. The molecule has 0 bridgehead atoms. The molecule has 35 heavy (non-hydrogen) atoms. The van der Waals surface area contributed by atoms with E-state index in [9.17, 15) is 4.79 Å². The second-order valence-electron chi connectivity index (χ2n) is 10.1. The van der Waals surface area contributed by atoms with Gasteiger partial charge in [-0.2, -0.15) is 0 Å². The first-order valence-corrected chi connectivity index (χ1v) is 15.0. The Labute approximate surface area is 217 Å². The van der Waals surface area contributed by atoms with Crippen molar-refractivity contribution < 1.29 is 9.53 Å². The van der Waals surface area contributed by atoms with Gasteiger partial charge in [-0.15, -0.1) is 0 Å². The fraction of sp³-hybridized carbons (Fsp3) is 0.633. The highest BCUT2D eigenvalue weighted by molar-refractivity contribution is 8.07. The van der Waals surface area contributed by atoms with Crippen LogP contribution in [0.2, 0.25) is 0 Å². The molecule has 0 spiro atoms. The third-order valence-corrected chi connectivity index (χ3v) is 8.74. The molecule has 2 aliphatic heterocycles. The standard InChI is InChI=1S/C30H44N2O2S/c1-2-3-4-5-6-7-8-9-10-14-20-32-26-18-15-19-27(26)35-30(32)28(31-21-23-34-24-22-31)29(33)25-16-12-11-13-17-25/h11-13,16-17H,2-10,14-15,18-24H2,1H3. The van der Waals surface area contributed by atoms with Crippen LogP contribution in [0.25, 0.3) is 0 Å². The highest BCUT2D eigenvalue weighted by Gasteiger charge is 2.36. The van der Waals surface area contributed by atoms with E-state index < -0.39 is 0 Å². The van der Waals surface area contributed by atoms with Crippen LogP contribution >= 0.6 is 11.8 Å². The van der Waals surface area contributed by atoms with Gasteiger partial charge in [0, 0.05) is 35.8 Å². The maximum absolute atomic E-state index is 13.8. The van der Waals surface area contributed by atoms with Crippen molar-refractivity contribution in [3.05, 3.63) is 57.2 Å². The number of hydrogen-bond donors (Lipinski definition) is 0. The lowest BCUT2D eigenvalue weighted by Gasteiger charge is -2.34. The fourth-order valence-corrected chi connectivity index (χ4v) is 6.89. The largest absolute Gasteiger partial charge is 0.378 e. The first kappa shape index (κ1) is 26.3. The topological polar surface area (TPSA) is 32.8 Å². The number of Topliss-reactive ketones (excluding diaryl/α,β-unsaturated/α-hetero) is 1. The van der Waals surface area contributed by atoms with Gasteiger partial charge in [-0.3, -0.25) is 4.79 Å². The van der Waals surface area contributed by atoms with Crippen LogP contribution in [0.15, 0.2) is 51.7 Å². The smallest absolute Gasteiger partial charge is 0.211 e. The Morgan fingerprint density at radius 2 is 1.54 bits per heavy atom. The second-order valence-corrected chi connectivity index (χ2v) is 11.2. The first-order chi connectivity index (χ1) is 17.3. The average molecular weight is 497 g/mol. The molecule has 0 amide bonds. The van der Waals surface area contributed by atoms with Gasteiger partial charge in [-0.05, 0) is 25.7 Å². The monoisotopic (exact) mass is 496 g/mol. The Hall–Kier alpha value is -1.72. The molecular weight excluding hydrogens is 452 g/mol. The van der Waals surface area contributed by atoms with Gasteiger partial charge in [-0.25, -0.2) is 0 Å². The van der Waals surface area contributed by atoms with Gasteiger partial charge < -0.3 is 14.5 Å². The number of thioether (sulfide) groups is 1. The maximum Gasteiger partial charge on any atom is 0.211 e. The van der Waals surface area contributed by atoms with E-state index in [1.54, 1.807) is 0 Å². The number of benzene rings is 1. The predicted molar refractivity (Wildman–Crippen MR) is 147 cm³/mol. The van der Waals surface area contributed by atoms with Crippen LogP contribution in [0, 0.1) is 0 Å². The lowest BCUT2D eigenvalue weighted by atomic mass is 10.1. The Morgan fingerprint density at radius 1 is 0.886 bits per heavy atom. The fourth-order valence-electron chi connectivity index (χ4n) is 5.45. The molecule has 0 atom stereocenters. The quantitative estimate of drug-likeness (QED) is 0.149. The molecule has 1 aromatic carbocycles. The molecule has 1 saturated heterocycles. The Morgan fingerprint density at radius 3 is 2.23 bits per heavy atom. The predicted octanol–water partition coefficient (Wildman–Crippen LogP) is 7.74. The van der Waals surface area contributed by atoms with Crippen LogP contribution in [0.5, 0.6) is 0 Å². The summed E-state index contributed by atoms with van der Waals surface area (Å²) in [7, 11) is 0. The van der Waals surface area contributed by atoms with E-state index in [0.29, 0.717) is 13.2 Å². The Bertz CT molecular complexity index is 874. The minimum absolute atomic E-state index is 0.157. The van der Waals surface area contributed by atoms with Gasteiger partial charge in [0.25, 0.3) is 0 Å². The van der Waals surface area contributed by atoms with Gasteiger partial charge in [0.15, 0.2) is 0 Å². The SMILES string of the molecule is CCCCCCCCCCCCN1C2=C(CCC2)SC1=C(C(=O)c1ccccc1)N1CCOCC1. The third-order valence-electron chi connectivity index (χ3n) is 7.45. The summed E-state index contributed by atoms with van der Waals surface area (Å²) in [5.74, 6) is 0.157. The number of allylic oxidation sites excluding steroid dienone is 3. The van der Waals surface area contributed by atoms with E-state index in [0.717, 1.165) is 43.7 Å². The summed E-state index contributed by atoms with van der Waals surface area (Å²) < 4.78 is 5.63. The number of nitrogens with zero attached hydrogens (tertiary/aromatic N) is 2. The van der Waals surface area contributed by atoms with Gasteiger partial charge in [0.1, 0.15) is 10.7 Å². The van der Waals surface area contributed by atoms with E-state index in [1.165, 1.54) is 86.3 Å². The van der Waals surface area contributed by atoms with E-state index in [4.69, 9.17) is 4.74 Å². The molecule has 192 valence electrons. The molecule has 2 heterocycles. The molecule has 1 fully saturated rings. The molecule has 0 unspecified atom stereocenters. The third kappa shape index (κ3) is 7.16. The van der Waals surface area contributed by atoms with Crippen LogP contribution in [0.4, 0.5) is 0 Å². The van der Waals surface area contributed by atoms with Crippen molar-refractivity contribution in [2.45, 2.75) is 90.4 Å². The van der Waals surface area contributed by atoms with Crippen molar-refractivity contribution in [1.29, 1.82) is 0 Å². The second kappa shape index (κ2) is 14.1. The number of ether oxygens (including phenoxy) is 1. The Kier molecular flexibility index (Phi) is 10.6. The van der Waals surface area contributed by atoms with E-state index in [1.807, 2.05) is 42.1 Å². The van der Waals surface area contributed by atoms with Crippen molar-refractivity contribution in [3.63, 3.8) is 0 Å². The minimum atomic E-state index is 0.157. The molecule has 3 aliphatic rings. The zero-order chi connectivity index (χ0) is 24.3. The number of morpholine rings is 1. The summed E-state index contributed by atoms with van der Waals surface area (Å²) in [5, 5.41) is 1.18. The van der Waals surface area contributed by atoms with Crippen LogP contribution in [-0.2, 0) is 4.74 Å². The summed E-state index contributed by atoms with van der Waals surface area (Å²) in [5.41, 5.74) is 3.17. The average Bonchev–Trinajstić information content (AvgIpc) is 3.49. The summed E-state index contributed by atoms with van der Waals surface area (Å²) >= 11 is 1.88. The number of carbonyl (C=O) groups excluding carboxylic acids is 1. The van der Waals surface area contributed by atoms with Crippen molar-refractivity contribution in [1.82, 2.24) is 9.80 Å². The van der Waals surface area contributed by atoms with Crippen LogP contribution in [0.1, 0.15) is 101 Å². The summed E-state index contributed by atoms with van der Waals surface area (Å²) in [6.07, 6.45) is 17.1. The van der Waals surface area contributed by atoms with Crippen LogP contribution in [-0.4, -0.2) is 48.4 Å². The van der Waals surface area contributed by atoms with Gasteiger partial charge in [-0.1, -0.05) is 107 Å². The minimum Gasteiger partial charge on any atom is -0.378 e. The Balaban J connectivity index is 1.42. The number of carbonyl (C=O) groups is 1. The molecule has 0 saturated carbocycles. The maximum atomic E-state index is 13.8. The molecule has 1 aromatic rings. The van der Waals surface area contributed by atoms with Gasteiger partial charge in [0.2, 0.25) is 5.78 Å². The zero-order valence-electron chi connectivity index (χ0n) is 21.7. The van der Waals surface area contributed by atoms with Crippen LogP contribution in [0.3, 0.4) is 0 Å². The molecule has 1 aliphatic carbocycles. The van der Waals surface area contributed by atoms with Gasteiger partial charge >= 0.3 is 0 Å². The molecule has 4 rings (SSSR count). The molecule has 0 N–H and O–H groups in total. The molecular formula is C30H44N2O2S. The lowest BCUT2D eigenvalue weighted by molar-refractivity contribution is 0.0497. The normalized spacial score (nSPS) is 19.5.